The van der Waals surface area contributed by atoms with Gasteiger partial charge in [-0.2, -0.15) is 0 Å². The molecular formula is C20H29N3O3S2. The molecule has 1 atom stereocenters. The maximum absolute atomic E-state index is 12.4. The number of amides is 1. The predicted octanol–water partition coefficient (Wildman–Crippen LogP) is 2.44. The lowest BCUT2D eigenvalue weighted by atomic mass is 10.1. The van der Waals surface area contributed by atoms with Crippen molar-refractivity contribution in [2.45, 2.75) is 29.5 Å². The van der Waals surface area contributed by atoms with Crippen molar-refractivity contribution in [1.29, 1.82) is 0 Å². The zero-order valence-electron chi connectivity index (χ0n) is 16.7. The molecule has 0 bridgehead atoms. The highest BCUT2D eigenvalue weighted by Gasteiger charge is 2.21. The summed E-state index contributed by atoms with van der Waals surface area (Å²) in [4.78, 5) is 14.3. The van der Waals surface area contributed by atoms with Crippen LogP contribution in [0.25, 0.3) is 0 Å². The Hall–Kier alpha value is -1.74. The van der Waals surface area contributed by atoms with Crippen LogP contribution in [0.15, 0.2) is 52.1 Å². The highest BCUT2D eigenvalue weighted by molar-refractivity contribution is 7.91. The average molecular weight is 424 g/mol. The number of carbonyl (C=O) groups excluding carboxylic acids is 1. The average Bonchev–Trinajstić information content (AvgIpc) is 3.21. The van der Waals surface area contributed by atoms with Crippen molar-refractivity contribution in [2.24, 2.45) is 0 Å². The van der Waals surface area contributed by atoms with Gasteiger partial charge in [0.05, 0.1) is 0 Å². The maximum atomic E-state index is 12.4. The third-order valence-corrected chi connectivity index (χ3v) is 7.85. The summed E-state index contributed by atoms with van der Waals surface area (Å²) in [6.07, 6.45) is 1.64. The van der Waals surface area contributed by atoms with Crippen LogP contribution >= 0.6 is 11.3 Å². The quantitative estimate of drug-likeness (QED) is 0.603. The van der Waals surface area contributed by atoms with E-state index in [1.807, 2.05) is 32.3 Å². The molecule has 1 heterocycles. The molecule has 154 valence electrons. The third-order valence-electron chi connectivity index (χ3n) is 4.62. The minimum absolute atomic E-state index is 0.0539. The molecule has 0 saturated heterocycles. The number of hydrogen-bond donors (Lipinski definition) is 1. The fraction of sp³-hybridized carbons (Fsp3) is 0.450. The van der Waals surface area contributed by atoms with E-state index in [0.29, 0.717) is 30.1 Å². The first-order valence-corrected chi connectivity index (χ1v) is 11.6. The van der Waals surface area contributed by atoms with Gasteiger partial charge in [0.1, 0.15) is 4.21 Å². The maximum Gasteiger partial charge on any atom is 0.252 e. The Labute approximate surface area is 172 Å². The highest BCUT2D eigenvalue weighted by Crippen LogP contribution is 2.19. The largest absolute Gasteiger partial charge is 0.355 e. The molecule has 0 fully saturated rings. The first-order valence-electron chi connectivity index (χ1n) is 9.27. The zero-order chi connectivity index (χ0) is 20.6. The SMILES string of the molecule is CN(C)C(CNC(=O)CCCN(C)S(=O)(=O)c1cccs1)Cc1ccccc1. The molecule has 28 heavy (non-hydrogen) atoms. The van der Waals surface area contributed by atoms with E-state index in [4.69, 9.17) is 0 Å². The Bertz CT molecular complexity index is 822. The molecule has 0 aliphatic heterocycles. The van der Waals surface area contributed by atoms with E-state index in [9.17, 15) is 13.2 Å². The van der Waals surface area contributed by atoms with E-state index in [2.05, 4.69) is 22.3 Å². The predicted molar refractivity (Wildman–Crippen MR) is 114 cm³/mol. The lowest BCUT2D eigenvalue weighted by Gasteiger charge is -2.25. The molecule has 1 aromatic carbocycles. The molecular weight excluding hydrogens is 394 g/mol. The Morgan fingerprint density at radius 2 is 1.82 bits per heavy atom. The number of rotatable bonds is 11. The summed E-state index contributed by atoms with van der Waals surface area (Å²) in [7, 11) is 2.11. The topological polar surface area (TPSA) is 69.7 Å². The van der Waals surface area contributed by atoms with Crippen LogP contribution in [-0.2, 0) is 21.2 Å². The second-order valence-corrected chi connectivity index (χ2v) is 10.2. The molecule has 1 aromatic heterocycles. The minimum Gasteiger partial charge on any atom is -0.355 e. The Balaban J connectivity index is 1.75. The van der Waals surface area contributed by atoms with E-state index in [1.54, 1.807) is 24.6 Å². The number of nitrogens with zero attached hydrogens (tertiary/aromatic N) is 2. The first kappa shape index (κ1) is 22.5. The van der Waals surface area contributed by atoms with Crippen LogP contribution < -0.4 is 5.32 Å². The summed E-state index contributed by atoms with van der Waals surface area (Å²) in [5, 5.41) is 4.72. The fourth-order valence-electron chi connectivity index (χ4n) is 2.79. The summed E-state index contributed by atoms with van der Waals surface area (Å²) < 4.78 is 26.4. The van der Waals surface area contributed by atoms with E-state index in [1.165, 1.54) is 21.2 Å². The van der Waals surface area contributed by atoms with Gasteiger partial charge in [0.15, 0.2) is 0 Å². The van der Waals surface area contributed by atoms with Gasteiger partial charge in [-0.1, -0.05) is 36.4 Å². The molecule has 1 N–H and O–H groups in total. The molecule has 2 rings (SSSR count). The molecule has 0 spiro atoms. The zero-order valence-corrected chi connectivity index (χ0v) is 18.3. The number of sulfonamides is 1. The summed E-state index contributed by atoms with van der Waals surface area (Å²) in [6, 6.07) is 13.7. The smallest absolute Gasteiger partial charge is 0.252 e. The van der Waals surface area contributed by atoms with Gasteiger partial charge in [0, 0.05) is 32.6 Å². The van der Waals surface area contributed by atoms with Crippen molar-refractivity contribution in [3.63, 3.8) is 0 Å². The molecule has 6 nitrogen and oxygen atoms in total. The standard InChI is InChI=1S/C20H29N3O3S2/c1-22(2)18(15-17-9-5-4-6-10-17)16-21-19(24)11-7-13-23(3)28(25,26)20-12-8-14-27-20/h4-6,8-10,12,14,18H,7,11,13,15-16H2,1-3H3,(H,21,24). The Morgan fingerprint density at radius 1 is 1.11 bits per heavy atom. The second-order valence-electron chi connectivity index (χ2n) is 6.97. The van der Waals surface area contributed by atoms with Gasteiger partial charge in [0.25, 0.3) is 10.0 Å². The molecule has 0 aliphatic carbocycles. The normalized spacial score (nSPS) is 13.0. The third kappa shape index (κ3) is 6.70. The highest BCUT2D eigenvalue weighted by atomic mass is 32.2. The van der Waals surface area contributed by atoms with Crippen LogP contribution in [0.1, 0.15) is 18.4 Å². The van der Waals surface area contributed by atoms with Gasteiger partial charge < -0.3 is 10.2 Å². The molecule has 2 aromatic rings. The van der Waals surface area contributed by atoms with Gasteiger partial charge in [0.2, 0.25) is 5.91 Å². The Kier molecular flexibility index (Phi) is 8.62. The van der Waals surface area contributed by atoms with Gasteiger partial charge in [-0.05, 0) is 43.9 Å². The molecule has 0 radical (unpaired) electrons. The molecule has 1 unspecified atom stereocenters. The van der Waals surface area contributed by atoms with Gasteiger partial charge in [-0.3, -0.25) is 4.79 Å². The van der Waals surface area contributed by atoms with Crippen molar-refractivity contribution < 1.29 is 13.2 Å². The molecule has 0 saturated carbocycles. The Morgan fingerprint density at radius 3 is 2.43 bits per heavy atom. The molecule has 0 aliphatic rings. The monoisotopic (exact) mass is 423 g/mol. The minimum atomic E-state index is -3.45. The number of hydrogen-bond acceptors (Lipinski definition) is 5. The number of likely N-dealkylation sites (N-methyl/N-ethyl adjacent to an activating group) is 1. The first-order chi connectivity index (χ1) is 13.3. The number of nitrogens with one attached hydrogen (secondary N) is 1. The lowest BCUT2D eigenvalue weighted by Crippen LogP contribution is -2.41. The van der Waals surface area contributed by atoms with E-state index in [0.717, 1.165) is 6.42 Å². The van der Waals surface area contributed by atoms with Crippen molar-refractivity contribution in [1.82, 2.24) is 14.5 Å². The van der Waals surface area contributed by atoms with Crippen LogP contribution in [0.3, 0.4) is 0 Å². The van der Waals surface area contributed by atoms with Gasteiger partial charge >= 0.3 is 0 Å². The second kappa shape index (κ2) is 10.7. The van der Waals surface area contributed by atoms with E-state index < -0.39 is 10.0 Å². The van der Waals surface area contributed by atoms with Crippen molar-refractivity contribution in [2.75, 3.05) is 34.2 Å². The van der Waals surface area contributed by atoms with Crippen LogP contribution in [0.5, 0.6) is 0 Å². The van der Waals surface area contributed by atoms with Crippen LogP contribution in [-0.4, -0.2) is 63.8 Å². The van der Waals surface area contributed by atoms with Gasteiger partial charge in [-0.25, -0.2) is 12.7 Å². The molecule has 1 amide bonds. The van der Waals surface area contributed by atoms with Gasteiger partial charge in [-0.15, -0.1) is 11.3 Å². The summed E-state index contributed by atoms with van der Waals surface area (Å²) in [5.74, 6) is -0.0539. The summed E-state index contributed by atoms with van der Waals surface area (Å²) >= 11 is 1.20. The summed E-state index contributed by atoms with van der Waals surface area (Å²) in [6.45, 7) is 0.874. The van der Waals surface area contributed by atoms with Crippen LogP contribution in [0.4, 0.5) is 0 Å². The molecule has 8 heteroatoms. The number of thiophene rings is 1. The van der Waals surface area contributed by atoms with Crippen molar-refractivity contribution in [3.05, 3.63) is 53.4 Å². The van der Waals surface area contributed by atoms with Crippen LogP contribution in [0, 0.1) is 0 Å². The van der Waals surface area contributed by atoms with Crippen LogP contribution in [0.2, 0.25) is 0 Å². The van der Waals surface area contributed by atoms with Crippen molar-refractivity contribution >= 4 is 27.3 Å². The van der Waals surface area contributed by atoms with E-state index >= 15 is 0 Å². The summed E-state index contributed by atoms with van der Waals surface area (Å²) in [5.41, 5.74) is 1.23. The fourth-order valence-corrected chi connectivity index (χ4v) is 5.20. The lowest BCUT2D eigenvalue weighted by molar-refractivity contribution is -0.121. The number of benzene rings is 1. The van der Waals surface area contributed by atoms with E-state index in [-0.39, 0.29) is 11.9 Å². The van der Waals surface area contributed by atoms with Crippen molar-refractivity contribution in [3.8, 4) is 0 Å². The number of carbonyl (C=O) groups is 1.